The van der Waals surface area contributed by atoms with Gasteiger partial charge in [-0.25, -0.2) is 12.8 Å². The molecular weight excluding hydrogens is 389 g/mol. The van der Waals surface area contributed by atoms with Crippen molar-refractivity contribution in [1.82, 2.24) is 14.9 Å². The van der Waals surface area contributed by atoms with Crippen molar-refractivity contribution in [3.05, 3.63) is 59.7 Å². The van der Waals surface area contributed by atoms with Crippen molar-refractivity contribution in [2.45, 2.75) is 41.1 Å². The molecule has 2 bridgehead atoms. The van der Waals surface area contributed by atoms with Crippen molar-refractivity contribution < 1.29 is 12.8 Å². The number of hydrogen-bond donors (Lipinski definition) is 2. The largest absolute Gasteiger partial charge is 0.359 e. The lowest BCUT2D eigenvalue weighted by molar-refractivity contribution is 0.503. The van der Waals surface area contributed by atoms with E-state index in [0.29, 0.717) is 16.9 Å². The number of nitrogens with one attached hydrogen (secondary N) is 2. The average Bonchev–Trinajstić information content (AvgIpc) is 3.40. The Labute approximate surface area is 167 Å². The first-order valence-electron chi connectivity index (χ1n) is 9.82. The summed E-state index contributed by atoms with van der Waals surface area (Å²) >= 11 is 0. The topological polar surface area (TPSA) is 66.9 Å². The number of fused-ring (bicyclic) bond motifs is 7. The number of aryl methyl sites for hydroxylation is 1. The van der Waals surface area contributed by atoms with Gasteiger partial charge in [0.25, 0.3) is 0 Å². The Morgan fingerprint density at radius 3 is 2.83 bits per heavy atom. The molecule has 0 spiro atoms. The molecule has 0 aliphatic carbocycles. The van der Waals surface area contributed by atoms with E-state index in [1.54, 1.807) is 24.4 Å². The molecule has 4 aromatic rings. The minimum atomic E-state index is -3.84. The molecule has 2 aliphatic rings. The highest BCUT2D eigenvalue weighted by molar-refractivity contribution is 7.91. The van der Waals surface area contributed by atoms with Gasteiger partial charge in [0.2, 0.25) is 9.84 Å². The summed E-state index contributed by atoms with van der Waals surface area (Å²) in [6, 6.07) is 10.4. The zero-order valence-corrected chi connectivity index (χ0v) is 16.7. The number of sulfone groups is 1. The predicted octanol–water partition coefficient (Wildman–Crippen LogP) is 3.98. The number of rotatable bonds is 2. The van der Waals surface area contributed by atoms with Gasteiger partial charge in [-0.15, -0.1) is 0 Å². The number of aromatic amines is 1. The Morgan fingerprint density at radius 1 is 1.10 bits per heavy atom. The van der Waals surface area contributed by atoms with E-state index in [4.69, 9.17) is 0 Å². The number of benzene rings is 2. The van der Waals surface area contributed by atoms with Crippen molar-refractivity contribution in [3.8, 4) is 0 Å². The maximum Gasteiger partial charge on any atom is 0.206 e. The van der Waals surface area contributed by atoms with Crippen LogP contribution in [0.4, 0.5) is 4.39 Å². The van der Waals surface area contributed by atoms with Crippen molar-refractivity contribution in [1.29, 1.82) is 0 Å². The van der Waals surface area contributed by atoms with Gasteiger partial charge in [0.05, 0.1) is 15.3 Å². The maximum atomic E-state index is 14.4. The lowest BCUT2D eigenvalue weighted by Crippen LogP contribution is -2.32. The third-order valence-electron chi connectivity index (χ3n) is 6.57. The van der Waals surface area contributed by atoms with Crippen molar-refractivity contribution in [3.63, 3.8) is 0 Å². The van der Waals surface area contributed by atoms with E-state index >= 15 is 0 Å². The SMILES string of the molecule is Cn1c2c(c3cc(S(=O)(=O)c4cc(F)c5[nH]ccc5c4)ccc31)C1CCC(C2)N1. The van der Waals surface area contributed by atoms with Crippen LogP contribution in [-0.4, -0.2) is 24.0 Å². The Bertz CT molecular complexity index is 1420. The molecule has 29 heavy (non-hydrogen) atoms. The number of nitrogens with zero attached hydrogens (tertiary/aromatic N) is 1. The quantitative estimate of drug-likeness (QED) is 0.526. The Morgan fingerprint density at radius 2 is 1.97 bits per heavy atom. The van der Waals surface area contributed by atoms with Crippen molar-refractivity contribution >= 4 is 31.6 Å². The molecule has 2 aromatic heterocycles. The van der Waals surface area contributed by atoms with Gasteiger partial charge in [0.1, 0.15) is 5.82 Å². The lowest BCUT2D eigenvalue weighted by atomic mass is 9.99. The molecule has 4 heterocycles. The van der Waals surface area contributed by atoms with Gasteiger partial charge in [0, 0.05) is 53.7 Å². The monoisotopic (exact) mass is 409 g/mol. The van der Waals surface area contributed by atoms with E-state index in [1.165, 1.54) is 17.3 Å². The van der Waals surface area contributed by atoms with Crippen LogP contribution in [0.3, 0.4) is 0 Å². The van der Waals surface area contributed by atoms with Crippen LogP contribution in [0.1, 0.15) is 30.1 Å². The highest BCUT2D eigenvalue weighted by Gasteiger charge is 2.36. The second kappa shape index (κ2) is 5.70. The highest BCUT2D eigenvalue weighted by atomic mass is 32.2. The Kier molecular flexibility index (Phi) is 3.39. The van der Waals surface area contributed by atoms with E-state index in [-0.39, 0.29) is 15.8 Å². The van der Waals surface area contributed by atoms with Gasteiger partial charge in [-0.1, -0.05) is 0 Å². The lowest BCUT2D eigenvalue weighted by Gasteiger charge is -2.23. The third kappa shape index (κ3) is 2.31. The molecule has 1 saturated heterocycles. The first-order valence-corrected chi connectivity index (χ1v) is 11.3. The molecule has 148 valence electrons. The van der Waals surface area contributed by atoms with Crippen molar-refractivity contribution in [2.24, 2.45) is 7.05 Å². The zero-order valence-electron chi connectivity index (χ0n) is 15.9. The van der Waals surface area contributed by atoms with Crippen LogP contribution in [0, 0.1) is 5.82 Å². The summed E-state index contributed by atoms with van der Waals surface area (Å²) in [7, 11) is -1.79. The number of hydrogen-bond acceptors (Lipinski definition) is 3. The van der Waals surface area contributed by atoms with Gasteiger partial charge in [-0.3, -0.25) is 0 Å². The van der Waals surface area contributed by atoms with Crippen LogP contribution in [0.5, 0.6) is 0 Å². The average molecular weight is 409 g/mol. The van der Waals surface area contributed by atoms with Crippen LogP contribution in [0.15, 0.2) is 52.4 Å². The second-order valence-corrected chi connectivity index (χ2v) is 10.1. The summed E-state index contributed by atoms with van der Waals surface area (Å²) in [6.45, 7) is 0. The standard InChI is InChI=1S/C22H20FN3O2S/c1-26-19-5-3-14(10-16(19)21-18-4-2-13(25-18)9-20(21)26)29(27,28)15-8-12-6-7-24-22(12)17(23)11-15/h3,5-8,10-11,13,18,24-25H,2,4,9H2,1H3. The minimum Gasteiger partial charge on any atom is -0.359 e. The normalized spacial score (nSPS) is 21.2. The smallest absolute Gasteiger partial charge is 0.206 e. The van der Waals surface area contributed by atoms with Crippen LogP contribution in [-0.2, 0) is 23.3 Å². The fraction of sp³-hybridized carbons (Fsp3) is 0.273. The van der Waals surface area contributed by atoms with Gasteiger partial charge in [-0.05, 0) is 54.8 Å². The molecule has 0 saturated carbocycles. The fourth-order valence-electron chi connectivity index (χ4n) is 5.14. The summed E-state index contributed by atoms with van der Waals surface area (Å²) in [5, 5.41) is 5.17. The van der Waals surface area contributed by atoms with E-state index in [2.05, 4.69) is 21.9 Å². The predicted molar refractivity (Wildman–Crippen MR) is 109 cm³/mol. The first-order chi connectivity index (χ1) is 13.9. The minimum absolute atomic E-state index is 0.0229. The van der Waals surface area contributed by atoms with Gasteiger partial charge in [0.15, 0.2) is 0 Å². The summed E-state index contributed by atoms with van der Waals surface area (Å²) in [5.74, 6) is -0.564. The van der Waals surface area contributed by atoms with Crippen LogP contribution in [0.25, 0.3) is 21.8 Å². The van der Waals surface area contributed by atoms with E-state index in [0.717, 1.165) is 36.2 Å². The van der Waals surface area contributed by atoms with E-state index < -0.39 is 15.7 Å². The molecule has 0 amide bonds. The van der Waals surface area contributed by atoms with Gasteiger partial charge in [-0.2, -0.15) is 0 Å². The molecule has 5 nitrogen and oxygen atoms in total. The van der Waals surface area contributed by atoms with Gasteiger partial charge < -0.3 is 14.9 Å². The van der Waals surface area contributed by atoms with Crippen LogP contribution < -0.4 is 5.32 Å². The molecule has 0 radical (unpaired) electrons. The molecule has 2 atom stereocenters. The number of aromatic nitrogens is 2. The molecule has 7 heteroatoms. The highest BCUT2D eigenvalue weighted by Crippen LogP contribution is 2.42. The van der Waals surface area contributed by atoms with E-state index in [9.17, 15) is 12.8 Å². The first kappa shape index (κ1) is 17.2. The molecule has 2 aromatic carbocycles. The summed E-state index contributed by atoms with van der Waals surface area (Å²) in [6.07, 6.45) is 4.79. The second-order valence-electron chi connectivity index (χ2n) is 8.15. The molecular formula is C22H20FN3O2S. The third-order valence-corrected chi connectivity index (χ3v) is 8.30. The van der Waals surface area contributed by atoms with Gasteiger partial charge >= 0.3 is 0 Å². The number of halogens is 1. The molecule has 2 aliphatic heterocycles. The fourth-order valence-corrected chi connectivity index (χ4v) is 6.47. The molecule has 1 fully saturated rings. The summed E-state index contributed by atoms with van der Waals surface area (Å²) in [4.78, 5) is 2.98. The number of H-pyrrole nitrogens is 1. The molecule has 6 rings (SSSR count). The summed E-state index contributed by atoms with van der Waals surface area (Å²) < 4.78 is 43.3. The summed E-state index contributed by atoms with van der Waals surface area (Å²) in [5.41, 5.74) is 3.87. The van der Waals surface area contributed by atoms with Crippen LogP contribution >= 0.6 is 0 Å². The maximum absolute atomic E-state index is 14.4. The van der Waals surface area contributed by atoms with E-state index in [1.807, 2.05) is 6.07 Å². The van der Waals surface area contributed by atoms with Crippen molar-refractivity contribution in [2.75, 3.05) is 0 Å². The Balaban J connectivity index is 1.55. The zero-order chi connectivity index (χ0) is 19.9. The van der Waals surface area contributed by atoms with Crippen LogP contribution in [0.2, 0.25) is 0 Å². The molecule has 2 N–H and O–H groups in total. The molecule has 2 unspecified atom stereocenters. The Hall–Kier alpha value is -2.64.